The molecule has 140 valence electrons. The van der Waals surface area contributed by atoms with Gasteiger partial charge in [-0.1, -0.05) is 18.2 Å². The van der Waals surface area contributed by atoms with Crippen LogP contribution >= 0.6 is 0 Å². The van der Waals surface area contributed by atoms with E-state index in [9.17, 15) is 13.2 Å². The molecule has 0 bridgehead atoms. The van der Waals surface area contributed by atoms with E-state index in [1.165, 1.54) is 19.2 Å². The average molecular weight is 366 g/mol. The molecule has 1 aliphatic heterocycles. The monoisotopic (exact) mass is 366 g/mol. The van der Waals surface area contributed by atoms with E-state index < -0.39 is 6.61 Å². The van der Waals surface area contributed by atoms with E-state index in [1.807, 2.05) is 6.07 Å². The van der Waals surface area contributed by atoms with Crippen LogP contribution in [-0.4, -0.2) is 38.3 Å². The number of hydrogen-bond donors (Lipinski definition) is 1. The molecule has 0 aromatic heterocycles. The minimum absolute atomic E-state index is 0.00763. The van der Waals surface area contributed by atoms with Gasteiger partial charge in [0.2, 0.25) is 0 Å². The Hall–Kier alpha value is -2.25. The Labute approximate surface area is 150 Å². The van der Waals surface area contributed by atoms with E-state index >= 15 is 0 Å². The van der Waals surface area contributed by atoms with Crippen LogP contribution < -0.4 is 14.8 Å². The molecule has 0 saturated carbocycles. The third kappa shape index (κ3) is 4.47. The van der Waals surface area contributed by atoms with E-state index in [-0.39, 0.29) is 23.4 Å². The normalized spacial score (nSPS) is 18.1. The van der Waals surface area contributed by atoms with Gasteiger partial charge in [-0.2, -0.15) is 8.78 Å². The molecule has 26 heavy (non-hydrogen) atoms. The van der Waals surface area contributed by atoms with Gasteiger partial charge in [-0.25, -0.2) is 4.39 Å². The molecule has 2 aromatic rings. The number of benzene rings is 2. The summed E-state index contributed by atoms with van der Waals surface area (Å²) in [5.41, 5.74) is 1.81. The van der Waals surface area contributed by atoms with Crippen molar-refractivity contribution in [3.05, 3.63) is 59.4 Å². The van der Waals surface area contributed by atoms with Gasteiger partial charge in [0.25, 0.3) is 0 Å². The Kier molecular flexibility index (Phi) is 6.00. The summed E-state index contributed by atoms with van der Waals surface area (Å²) in [7, 11) is 1.41. The Balaban J connectivity index is 1.79. The van der Waals surface area contributed by atoms with Crippen LogP contribution in [-0.2, 0) is 6.54 Å². The van der Waals surface area contributed by atoms with E-state index in [4.69, 9.17) is 4.74 Å². The molecule has 0 radical (unpaired) electrons. The first kappa shape index (κ1) is 18.5. The summed E-state index contributed by atoms with van der Waals surface area (Å²) in [6.45, 7) is 0.0237. The van der Waals surface area contributed by atoms with Crippen molar-refractivity contribution in [2.24, 2.45) is 0 Å². The Morgan fingerprint density at radius 1 is 1.19 bits per heavy atom. The quantitative estimate of drug-likeness (QED) is 0.847. The Morgan fingerprint density at radius 2 is 2.04 bits per heavy atom. The first-order valence-corrected chi connectivity index (χ1v) is 8.39. The maximum atomic E-state index is 13.6. The Bertz CT molecular complexity index is 742. The van der Waals surface area contributed by atoms with E-state index in [0.29, 0.717) is 13.1 Å². The minimum atomic E-state index is -2.90. The van der Waals surface area contributed by atoms with E-state index in [0.717, 1.165) is 24.2 Å². The zero-order valence-electron chi connectivity index (χ0n) is 14.4. The number of ether oxygens (including phenoxy) is 2. The number of alkyl halides is 2. The van der Waals surface area contributed by atoms with E-state index in [2.05, 4.69) is 15.0 Å². The lowest BCUT2D eigenvalue weighted by Gasteiger charge is -2.36. The molecule has 4 nitrogen and oxygen atoms in total. The van der Waals surface area contributed by atoms with Crippen LogP contribution in [0.25, 0.3) is 0 Å². The standard InChI is InChI=1S/C19H21F3N2O2/c1-25-18-9-13(5-6-17(18)26-19(21)22)12-24-8-7-23-11-16(24)14-3-2-4-15(20)10-14/h2-6,9-10,16,19,23H,7-8,11-12H2,1H3. The number of nitrogens with one attached hydrogen (secondary N) is 1. The molecule has 1 fully saturated rings. The fraction of sp³-hybridized carbons (Fsp3) is 0.368. The van der Waals surface area contributed by atoms with Crippen LogP contribution in [0.5, 0.6) is 11.5 Å². The van der Waals surface area contributed by atoms with Gasteiger partial charge in [0, 0.05) is 32.2 Å². The summed E-state index contributed by atoms with van der Waals surface area (Å²) in [6.07, 6.45) is 0. The predicted molar refractivity (Wildman–Crippen MR) is 92.0 cm³/mol. The third-order valence-electron chi connectivity index (χ3n) is 4.42. The first-order valence-electron chi connectivity index (χ1n) is 8.39. The van der Waals surface area contributed by atoms with Crippen molar-refractivity contribution in [3.63, 3.8) is 0 Å². The molecule has 1 aliphatic rings. The molecule has 3 rings (SSSR count). The molecular weight excluding hydrogens is 345 g/mol. The summed E-state index contributed by atoms with van der Waals surface area (Å²) in [5.74, 6) is 0.0108. The van der Waals surface area contributed by atoms with Crippen molar-refractivity contribution in [2.45, 2.75) is 19.2 Å². The van der Waals surface area contributed by atoms with Gasteiger partial charge in [0.05, 0.1) is 7.11 Å². The number of methoxy groups -OCH3 is 1. The molecule has 1 heterocycles. The topological polar surface area (TPSA) is 33.7 Å². The zero-order valence-corrected chi connectivity index (χ0v) is 14.4. The van der Waals surface area contributed by atoms with Crippen molar-refractivity contribution in [2.75, 3.05) is 26.7 Å². The highest BCUT2D eigenvalue weighted by Crippen LogP contribution is 2.31. The average Bonchev–Trinajstić information content (AvgIpc) is 2.63. The molecule has 7 heteroatoms. The van der Waals surface area contributed by atoms with Crippen LogP contribution in [0.3, 0.4) is 0 Å². The third-order valence-corrected chi connectivity index (χ3v) is 4.42. The van der Waals surface area contributed by atoms with Crippen molar-refractivity contribution >= 4 is 0 Å². The number of hydrogen-bond acceptors (Lipinski definition) is 4. The summed E-state index contributed by atoms with van der Waals surface area (Å²) in [6, 6.07) is 11.5. The van der Waals surface area contributed by atoms with Crippen molar-refractivity contribution in [1.82, 2.24) is 10.2 Å². The zero-order chi connectivity index (χ0) is 18.5. The fourth-order valence-corrected chi connectivity index (χ4v) is 3.22. The first-order chi connectivity index (χ1) is 12.6. The second kappa shape index (κ2) is 8.42. The maximum absolute atomic E-state index is 13.6. The molecule has 1 atom stereocenters. The van der Waals surface area contributed by atoms with Gasteiger partial charge >= 0.3 is 6.61 Å². The lowest BCUT2D eigenvalue weighted by Crippen LogP contribution is -2.45. The maximum Gasteiger partial charge on any atom is 0.387 e. The van der Waals surface area contributed by atoms with Crippen molar-refractivity contribution in [3.8, 4) is 11.5 Å². The van der Waals surface area contributed by atoms with Gasteiger partial charge in [-0.3, -0.25) is 4.90 Å². The molecule has 0 spiro atoms. The SMILES string of the molecule is COc1cc(CN2CCNCC2c2cccc(F)c2)ccc1OC(F)F. The smallest absolute Gasteiger partial charge is 0.387 e. The predicted octanol–water partition coefficient (Wildman–Crippen LogP) is 3.58. The second-order valence-corrected chi connectivity index (χ2v) is 6.11. The number of rotatable bonds is 6. The highest BCUT2D eigenvalue weighted by Gasteiger charge is 2.24. The van der Waals surface area contributed by atoms with Crippen LogP contribution in [0.15, 0.2) is 42.5 Å². The van der Waals surface area contributed by atoms with Gasteiger partial charge in [0.15, 0.2) is 11.5 Å². The molecule has 1 saturated heterocycles. The lowest BCUT2D eigenvalue weighted by molar-refractivity contribution is -0.0512. The molecule has 1 N–H and O–H groups in total. The molecule has 0 amide bonds. The lowest BCUT2D eigenvalue weighted by atomic mass is 10.0. The van der Waals surface area contributed by atoms with Crippen LogP contribution in [0.4, 0.5) is 13.2 Å². The summed E-state index contributed by atoms with van der Waals surface area (Å²) in [5, 5.41) is 3.33. The van der Waals surface area contributed by atoms with Gasteiger partial charge in [-0.05, 0) is 35.4 Å². The molecule has 0 aliphatic carbocycles. The molecular formula is C19H21F3N2O2. The van der Waals surface area contributed by atoms with E-state index in [1.54, 1.807) is 24.3 Å². The number of nitrogens with zero attached hydrogens (tertiary/aromatic N) is 1. The van der Waals surface area contributed by atoms with Crippen LogP contribution in [0.1, 0.15) is 17.2 Å². The molecule has 1 unspecified atom stereocenters. The Morgan fingerprint density at radius 3 is 2.77 bits per heavy atom. The minimum Gasteiger partial charge on any atom is -0.493 e. The van der Waals surface area contributed by atoms with Crippen molar-refractivity contribution in [1.29, 1.82) is 0 Å². The number of piperazine rings is 1. The number of halogens is 3. The molecule has 2 aromatic carbocycles. The van der Waals surface area contributed by atoms with Crippen LogP contribution in [0.2, 0.25) is 0 Å². The van der Waals surface area contributed by atoms with Crippen molar-refractivity contribution < 1.29 is 22.6 Å². The summed E-state index contributed by atoms with van der Waals surface area (Å²) in [4.78, 5) is 2.23. The van der Waals surface area contributed by atoms with Gasteiger partial charge in [-0.15, -0.1) is 0 Å². The van der Waals surface area contributed by atoms with Gasteiger partial charge in [0.1, 0.15) is 5.82 Å². The fourth-order valence-electron chi connectivity index (χ4n) is 3.22. The van der Waals surface area contributed by atoms with Gasteiger partial charge < -0.3 is 14.8 Å². The summed E-state index contributed by atoms with van der Waals surface area (Å²) < 4.78 is 48.1. The van der Waals surface area contributed by atoms with Crippen LogP contribution in [0, 0.1) is 5.82 Å². The summed E-state index contributed by atoms with van der Waals surface area (Å²) >= 11 is 0. The largest absolute Gasteiger partial charge is 0.493 e. The second-order valence-electron chi connectivity index (χ2n) is 6.11. The highest BCUT2D eigenvalue weighted by molar-refractivity contribution is 5.43. The highest BCUT2D eigenvalue weighted by atomic mass is 19.3.